The normalized spacial score (nSPS) is 17.8. The molecule has 1 radical (unpaired) electrons. The third kappa shape index (κ3) is 2.37. The Morgan fingerprint density at radius 3 is 2.04 bits per heavy atom. The Morgan fingerprint density at radius 2 is 1.48 bits per heavy atom. The Kier molecular flexibility index (Phi) is 3.62. The van der Waals surface area contributed by atoms with Crippen molar-refractivity contribution in [2.45, 2.75) is 46.6 Å². The van der Waals surface area contributed by atoms with E-state index in [-0.39, 0.29) is 0 Å². The molecule has 0 saturated carbocycles. The van der Waals surface area contributed by atoms with E-state index in [1.807, 2.05) is 0 Å². The maximum absolute atomic E-state index is 2.54. The molecule has 0 atom stereocenters. The highest BCUT2D eigenvalue weighted by Crippen LogP contribution is 2.51. The Hall–Kier alpha value is -1.39. The van der Waals surface area contributed by atoms with Gasteiger partial charge in [-0.25, -0.2) is 0 Å². The fourth-order valence-electron chi connectivity index (χ4n) is 4.61. The van der Waals surface area contributed by atoms with Crippen LogP contribution in [0.1, 0.15) is 25.0 Å². The van der Waals surface area contributed by atoms with Gasteiger partial charge in [-0.3, -0.25) is 0 Å². The second kappa shape index (κ2) is 5.31. The van der Waals surface area contributed by atoms with Crippen LogP contribution in [0.4, 0.5) is 0 Å². The summed E-state index contributed by atoms with van der Waals surface area (Å²) in [4.78, 5) is 0. The standard InChI is InChI=1S/C23H29Si2/c1-15(2)19-14-17-10-13-20-21(22(17)23(19)25(20,6)7)16-8-11-18(12-9-16)24(3,4)5/h8-15H,1-7H3. The van der Waals surface area contributed by atoms with Crippen molar-refractivity contribution in [3.63, 3.8) is 0 Å². The van der Waals surface area contributed by atoms with Crippen LogP contribution in [0, 0.1) is 12.3 Å². The summed E-state index contributed by atoms with van der Waals surface area (Å²) in [5, 5.41) is 4.89. The molecule has 0 amide bonds. The van der Waals surface area contributed by atoms with Crippen LogP contribution >= 0.6 is 0 Å². The van der Waals surface area contributed by atoms with Gasteiger partial charge in [-0.05, 0) is 38.6 Å². The topological polar surface area (TPSA) is 0 Å². The lowest BCUT2D eigenvalue weighted by Gasteiger charge is -2.23. The van der Waals surface area contributed by atoms with Gasteiger partial charge in [-0.2, -0.15) is 0 Å². The van der Waals surface area contributed by atoms with Crippen LogP contribution in [0.2, 0.25) is 32.7 Å². The molecular weight excluding hydrogens is 332 g/mol. The van der Waals surface area contributed by atoms with E-state index >= 15 is 0 Å². The van der Waals surface area contributed by atoms with Crippen LogP contribution in [0.25, 0.3) is 16.3 Å². The van der Waals surface area contributed by atoms with Crippen LogP contribution in [0.3, 0.4) is 0 Å². The van der Waals surface area contributed by atoms with E-state index in [0.29, 0.717) is 5.92 Å². The third-order valence-corrected chi connectivity index (χ3v) is 11.7. The molecule has 1 aliphatic carbocycles. The summed E-state index contributed by atoms with van der Waals surface area (Å²) in [6, 6.07) is 14.3. The van der Waals surface area contributed by atoms with Gasteiger partial charge in [-0.1, -0.05) is 93.7 Å². The fraction of sp³-hybridized carbons (Fsp3) is 0.348. The molecule has 2 aromatic carbocycles. The molecule has 129 valence electrons. The smallest absolute Gasteiger partial charge is 0.0656 e. The first kappa shape index (κ1) is 17.0. The van der Waals surface area contributed by atoms with Gasteiger partial charge in [0.05, 0.1) is 8.07 Å². The van der Waals surface area contributed by atoms with E-state index in [9.17, 15) is 0 Å². The predicted molar refractivity (Wildman–Crippen MR) is 117 cm³/mol. The average Bonchev–Trinajstić information content (AvgIpc) is 2.99. The van der Waals surface area contributed by atoms with Crippen molar-refractivity contribution < 1.29 is 0 Å². The number of hydrogen-bond acceptors (Lipinski definition) is 0. The lowest BCUT2D eigenvalue weighted by atomic mass is 9.97. The van der Waals surface area contributed by atoms with Gasteiger partial charge in [0, 0.05) is 6.42 Å². The number of hydrogen-bond donors (Lipinski definition) is 0. The predicted octanol–water partition coefficient (Wildman–Crippen LogP) is 5.34. The van der Waals surface area contributed by atoms with Gasteiger partial charge >= 0.3 is 0 Å². The molecule has 0 unspecified atom stereocenters. The van der Waals surface area contributed by atoms with Crippen molar-refractivity contribution in [3.05, 3.63) is 59.5 Å². The molecule has 0 fully saturated rings. The molecule has 1 aliphatic heterocycles. The molecule has 0 spiro atoms. The largest absolute Gasteiger partial charge is 0.113 e. The minimum atomic E-state index is -1.59. The van der Waals surface area contributed by atoms with Crippen LogP contribution < -0.4 is 10.4 Å². The van der Waals surface area contributed by atoms with Crippen molar-refractivity contribution in [1.29, 1.82) is 0 Å². The number of fused-ring (bicyclic) bond motifs is 1. The van der Waals surface area contributed by atoms with Gasteiger partial charge in [0.2, 0.25) is 0 Å². The molecule has 2 aromatic rings. The van der Waals surface area contributed by atoms with Gasteiger partial charge in [0.15, 0.2) is 0 Å². The molecule has 25 heavy (non-hydrogen) atoms. The molecule has 2 aliphatic rings. The van der Waals surface area contributed by atoms with Gasteiger partial charge in [0.25, 0.3) is 0 Å². The summed E-state index contributed by atoms with van der Waals surface area (Å²) in [6.45, 7) is 17.0. The summed E-state index contributed by atoms with van der Waals surface area (Å²) in [5.41, 5.74) is 7.57. The Balaban J connectivity index is 1.93. The van der Waals surface area contributed by atoms with Crippen molar-refractivity contribution in [1.82, 2.24) is 0 Å². The molecule has 2 bridgehead atoms. The van der Waals surface area contributed by atoms with Crippen LogP contribution in [0.5, 0.6) is 0 Å². The number of benzene rings is 2. The number of rotatable bonds is 3. The molecule has 2 heteroatoms. The van der Waals surface area contributed by atoms with E-state index in [1.165, 1.54) is 16.7 Å². The minimum absolute atomic E-state index is 0.607. The third-order valence-electron chi connectivity index (χ3n) is 6.05. The van der Waals surface area contributed by atoms with Gasteiger partial charge < -0.3 is 0 Å². The van der Waals surface area contributed by atoms with Crippen molar-refractivity contribution >= 4 is 31.7 Å². The highest BCUT2D eigenvalue weighted by molar-refractivity contribution is 7.07. The Bertz CT molecular complexity index is 891. The van der Waals surface area contributed by atoms with Crippen molar-refractivity contribution in [3.8, 4) is 11.1 Å². The second-order valence-electron chi connectivity index (χ2n) is 9.53. The SMILES string of the molecule is CC(C)C1=C2c3c(ccc(c3-c3ccc([Si](C)(C)C)cc3)[Si]2(C)C)[CH]1. The maximum atomic E-state index is 2.54. The van der Waals surface area contributed by atoms with Gasteiger partial charge in [-0.15, -0.1) is 0 Å². The highest BCUT2D eigenvalue weighted by atomic mass is 28.3. The highest BCUT2D eigenvalue weighted by Gasteiger charge is 2.46. The zero-order valence-corrected chi connectivity index (χ0v) is 18.6. The summed E-state index contributed by atoms with van der Waals surface area (Å²) >= 11 is 0. The lowest BCUT2D eigenvalue weighted by molar-refractivity contribution is 0.788. The van der Waals surface area contributed by atoms with E-state index < -0.39 is 16.1 Å². The van der Waals surface area contributed by atoms with Crippen LogP contribution in [-0.2, 0) is 0 Å². The second-order valence-corrected chi connectivity index (χ2v) is 18.9. The molecular formula is C23H29Si2. The molecule has 0 saturated heterocycles. The van der Waals surface area contributed by atoms with Crippen molar-refractivity contribution in [2.24, 2.45) is 5.92 Å². The van der Waals surface area contributed by atoms with Gasteiger partial charge in [0.1, 0.15) is 8.07 Å². The summed E-state index contributed by atoms with van der Waals surface area (Å²) in [6.07, 6.45) is 2.47. The maximum Gasteiger partial charge on any atom is 0.113 e. The van der Waals surface area contributed by atoms with E-state index in [2.05, 4.69) is 89.4 Å². The fourth-order valence-corrected chi connectivity index (χ4v) is 9.42. The zero-order chi connectivity index (χ0) is 18.1. The molecule has 0 nitrogen and oxygen atoms in total. The first-order valence-electron chi connectivity index (χ1n) is 9.50. The zero-order valence-electron chi connectivity index (χ0n) is 16.6. The van der Waals surface area contributed by atoms with E-state index in [0.717, 1.165) is 0 Å². The summed E-state index contributed by atoms with van der Waals surface area (Å²) in [5.74, 6) is 0.607. The van der Waals surface area contributed by atoms with Crippen LogP contribution in [0.15, 0.2) is 42.0 Å². The average molecular weight is 362 g/mol. The summed E-state index contributed by atoms with van der Waals surface area (Å²) < 4.78 is 0. The first-order valence-corrected chi connectivity index (χ1v) is 16.0. The first-order chi connectivity index (χ1) is 11.6. The quantitative estimate of drug-likeness (QED) is 0.647. The number of allylic oxidation sites excluding steroid dienone is 1. The molecule has 0 aromatic heterocycles. The van der Waals surface area contributed by atoms with Crippen molar-refractivity contribution in [2.75, 3.05) is 0 Å². The minimum Gasteiger partial charge on any atom is -0.0656 e. The summed E-state index contributed by atoms with van der Waals surface area (Å²) in [7, 11) is -2.83. The monoisotopic (exact) mass is 361 g/mol. The lowest BCUT2D eigenvalue weighted by Crippen LogP contribution is -2.40. The molecule has 0 N–H and O–H groups in total. The van der Waals surface area contributed by atoms with Crippen LogP contribution in [-0.4, -0.2) is 16.1 Å². The Morgan fingerprint density at radius 1 is 0.840 bits per heavy atom. The van der Waals surface area contributed by atoms with E-state index in [4.69, 9.17) is 0 Å². The van der Waals surface area contributed by atoms with E-state index in [1.54, 1.807) is 26.7 Å². The Labute approximate surface area is 155 Å². The molecule has 1 heterocycles. The molecule has 4 rings (SSSR count).